The van der Waals surface area contributed by atoms with Crippen LogP contribution in [0.2, 0.25) is 0 Å². The highest BCUT2D eigenvalue weighted by atomic mass is 31.2. The highest BCUT2D eigenvalue weighted by Gasteiger charge is 2.27. The van der Waals surface area contributed by atoms with Crippen LogP contribution in [-0.2, 0) is 27.9 Å². The molecule has 1 N–H and O–H groups in total. The van der Waals surface area contributed by atoms with Crippen LogP contribution < -0.4 is 10.2 Å². The van der Waals surface area contributed by atoms with Gasteiger partial charge in [0, 0.05) is 12.8 Å². The van der Waals surface area contributed by atoms with Crippen molar-refractivity contribution in [2.24, 2.45) is 0 Å². The number of carbonyl (C=O) groups excluding carboxylic acids is 2. The van der Waals surface area contributed by atoms with E-state index in [1.807, 2.05) is 33.3 Å². The van der Waals surface area contributed by atoms with Gasteiger partial charge in [0.15, 0.2) is 0 Å². The molecule has 0 fully saturated rings. The average molecular weight is 1160 g/mol. The molecule has 0 aliphatic heterocycles. The van der Waals surface area contributed by atoms with Crippen LogP contribution in [0.5, 0.6) is 0 Å². The predicted octanol–water partition coefficient (Wildman–Crippen LogP) is 20.7. The lowest BCUT2D eigenvalue weighted by molar-refractivity contribution is -0.870. The molecule has 0 aliphatic carbocycles. The van der Waals surface area contributed by atoms with Gasteiger partial charge < -0.3 is 28.5 Å². The minimum atomic E-state index is -4.71. The summed E-state index contributed by atoms with van der Waals surface area (Å²) in [6.45, 7) is 6.70. The van der Waals surface area contributed by atoms with Gasteiger partial charge in [0.25, 0.3) is 7.82 Å². The first kappa shape index (κ1) is 78.7. The molecular weight excluding hydrogens is 1040 g/mol. The molecule has 0 aromatic rings. The molecule has 10 heteroatoms. The summed E-state index contributed by atoms with van der Waals surface area (Å²) in [5, 5.41) is 3.03. The number of nitrogens with zero attached hydrogens (tertiary/aromatic N) is 1. The summed E-state index contributed by atoms with van der Waals surface area (Å²) in [5.41, 5.74) is 0. The molecule has 0 saturated carbocycles. The van der Waals surface area contributed by atoms with E-state index in [0.29, 0.717) is 23.9 Å². The molecule has 0 spiro atoms. The molecular formula is C72H127N2O7P. The van der Waals surface area contributed by atoms with Crippen LogP contribution in [0.4, 0.5) is 0 Å². The van der Waals surface area contributed by atoms with Crippen LogP contribution in [0.25, 0.3) is 0 Å². The Kier molecular flexibility index (Phi) is 58.3. The van der Waals surface area contributed by atoms with E-state index in [0.717, 1.165) is 122 Å². The van der Waals surface area contributed by atoms with Crippen LogP contribution in [-0.4, -0.2) is 69.4 Å². The zero-order chi connectivity index (χ0) is 60.0. The SMILES string of the molecule is CC/C=C\C/C=C\C/C=C\C/C=C\C/C=C\C/C=C\CCCCCCCCCCC(=O)OC(/C=C\CCCCCCCCCCCC)C(COP(=O)([O-])OCC[N+](C)(C)C)NC(=O)CCCCCCCCC/C=C\C/C=C\CCCCC. The molecule has 9 nitrogen and oxygen atoms in total. The van der Waals surface area contributed by atoms with Crippen molar-refractivity contribution < 1.29 is 37.3 Å². The second-order valence-electron chi connectivity index (χ2n) is 23.6. The van der Waals surface area contributed by atoms with Gasteiger partial charge in [0.05, 0.1) is 33.8 Å². The van der Waals surface area contributed by atoms with Gasteiger partial charge in [-0.2, -0.15) is 0 Å². The van der Waals surface area contributed by atoms with Crippen LogP contribution in [0.1, 0.15) is 284 Å². The lowest BCUT2D eigenvalue weighted by atomic mass is 10.0. The number of phosphoric acid groups is 1. The molecule has 0 radical (unpaired) electrons. The van der Waals surface area contributed by atoms with E-state index in [2.05, 4.69) is 123 Å². The molecule has 0 heterocycles. The number of amides is 1. The van der Waals surface area contributed by atoms with Crippen LogP contribution in [0.15, 0.2) is 109 Å². The number of carbonyl (C=O) groups is 2. The Morgan fingerprint density at radius 2 is 0.780 bits per heavy atom. The number of quaternary nitrogens is 1. The van der Waals surface area contributed by atoms with Crippen molar-refractivity contribution >= 4 is 19.7 Å². The molecule has 0 aromatic carbocycles. The number of phosphoric ester groups is 1. The fourth-order valence-electron chi connectivity index (χ4n) is 9.26. The maximum atomic E-state index is 13.6. The van der Waals surface area contributed by atoms with Crippen molar-refractivity contribution in [2.45, 2.75) is 296 Å². The molecule has 0 saturated heterocycles. The normalized spacial score (nSPS) is 14.3. The zero-order valence-corrected chi connectivity index (χ0v) is 54.8. The Labute approximate surface area is 506 Å². The Morgan fingerprint density at radius 1 is 0.439 bits per heavy atom. The standard InChI is InChI=1S/C72H127N2O7P/c1-7-10-13-16-19-22-25-28-30-32-33-34-35-36-37-38-39-40-41-43-45-47-50-53-56-59-62-65-72(76)81-70(63-60-57-54-51-48-27-24-21-18-15-12-9-3)69(68-80-82(77,78)79-67-66-74(4,5)6)73-71(75)64-61-58-55-52-49-46-44-42-31-29-26-23-20-17-14-11-8-2/h10,13,19-20,22-23,28-31,33-34,36-37,39-40,60,63,69-70H,7-9,11-12,14-18,21,24-27,32,35,38,41-59,61-62,64-68H2,1-6H3,(H-,73,75,77,78)/b13-10-,22-19-,23-20-,30-28-,31-29-,34-33-,37-36-,40-39-,63-60-. The van der Waals surface area contributed by atoms with Gasteiger partial charge >= 0.3 is 5.97 Å². The smallest absolute Gasteiger partial charge is 0.306 e. The summed E-state index contributed by atoms with van der Waals surface area (Å²) in [6, 6.07) is -0.903. The summed E-state index contributed by atoms with van der Waals surface area (Å²) in [6.07, 6.45) is 83.4. The fourth-order valence-corrected chi connectivity index (χ4v) is 9.98. The Bertz CT molecular complexity index is 1770. The zero-order valence-electron chi connectivity index (χ0n) is 53.9. The third-order valence-corrected chi connectivity index (χ3v) is 15.4. The number of hydrogen-bond donors (Lipinski definition) is 1. The number of likely N-dealkylation sites (N-methyl/N-ethyl adjacent to an activating group) is 1. The van der Waals surface area contributed by atoms with E-state index in [-0.39, 0.29) is 24.9 Å². The predicted molar refractivity (Wildman–Crippen MR) is 353 cm³/mol. The van der Waals surface area contributed by atoms with Gasteiger partial charge in [0.2, 0.25) is 5.91 Å². The first-order chi connectivity index (χ1) is 39.9. The Balaban J connectivity index is 5.14. The van der Waals surface area contributed by atoms with Gasteiger partial charge in [-0.05, 0) is 115 Å². The third-order valence-electron chi connectivity index (χ3n) is 14.4. The number of unbranched alkanes of at least 4 members (excludes halogenated alkanes) is 28. The summed E-state index contributed by atoms with van der Waals surface area (Å²) in [5.74, 6) is -0.561. The maximum Gasteiger partial charge on any atom is 0.306 e. The fraction of sp³-hybridized carbons (Fsp3) is 0.722. The summed E-state index contributed by atoms with van der Waals surface area (Å²) < 4.78 is 30.4. The summed E-state index contributed by atoms with van der Waals surface area (Å²) in [4.78, 5) is 40.1. The van der Waals surface area contributed by atoms with Crippen molar-refractivity contribution in [3.05, 3.63) is 109 Å². The number of nitrogens with one attached hydrogen (secondary N) is 1. The highest BCUT2D eigenvalue weighted by molar-refractivity contribution is 7.45. The van der Waals surface area contributed by atoms with E-state index in [4.69, 9.17) is 13.8 Å². The van der Waals surface area contributed by atoms with Gasteiger partial charge in [-0.25, -0.2) is 0 Å². The highest BCUT2D eigenvalue weighted by Crippen LogP contribution is 2.38. The van der Waals surface area contributed by atoms with Crippen molar-refractivity contribution in [2.75, 3.05) is 40.9 Å². The van der Waals surface area contributed by atoms with Gasteiger partial charge in [-0.15, -0.1) is 0 Å². The van der Waals surface area contributed by atoms with Crippen LogP contribution >= 0.6 is 7.82 Å². The minimum absolute atomic E-state index is 0.0300. The van der Waals surface area contributed by atoms with Crippen molar-refractivity contribution in [1.29, 1.82) is 0 Å². The first-order valence-corrected chi connectivity index (χ1v) is 35.2. The van der Waals surface area contributed by atoms with Crippen LogP contribution in [0.3, 0.4) is 0 Å². The molecule has 82 heavy (non-hydrogen) atoms. The molecule has 0 rings (SSSR count). The first-order valence-electron chi connectivity index (χ1n) is 33.7. The number of allylic oxidation sites excluding steroid dienone is 17. The number of ether oxygens (including phenoxy) is 1. The minimum Gasteiger partial charge on any atom is -0.756 e. The van der Waals surface area contributed by atoms with E-state index < -0.39 is 26.6 Å². The Hall–Kier alpha value is -3.33. The van der Waals surface area contributed by atoms with Gasteiger partial charge in [-0.3, -0.25) is 14.2 Å². The lowest BCUT2D eigenvalue weighted by Crippen LogP contribution is -2.47. The molecule has 0 aromatic heterocycles. The van der Waals surface area contributed by atoms with E-state index in [1.165, 1.54) is 122 Å². The maximum absolute atomic E-state index is 13.6. The van der Waals surface area contributed by atoms with Crippen molar-refractivity contribution in [1.82, 2.24) is 5.32 Å². The number of hydrogen-bond acceptors (Lipinski definition) is 7. The number of rotatable bonds is 60. The second kappa shape index (κ2) is 60.8. The van der Waals surface area contributed by atoms with E-state index >= 15 is 0 Å². The molecule has 1 amide bonds. The molecule has 0 bridgehead atoms. The van der Waals surface area contributed by atoms with Crippen molar-refractivity contribution in [3.8, 4) is 0 Å². The van der Waals surface area contributed by atoms with Crippen LogP contribution in [0, 0.1) is 0 Å². The summed E-state index contributed by atoms with van der Waals surface area (Å²) >= 11 is 0. The second-order valence-corrected chi connectivity index (χ2v) is 25.0. The Morgan fingerprint density at radius 3 is 1.20 bits per heavy atom. The van der Waals surface area contributed by atoms with Gasteiger partial charge in [0.1, 0.15) is 19.3 Å². The monoisotopic (exact) mass is 1160 g/mol. The average Bonchev–Trinajstić information content (AvgIpc) is 3.44. The lowest BCUT2D eigenvalue weighted by Gasteiger charge is -2.30. The number of esters is 1. The van der Waals surface area contributed by atoms with Gasteiger partial charge in [-0.1, -0.05) is 265 Å². The largest absolute Gasteiger partial charge is 0.756 e. The topological polar surface area (TPSA) is 114 Å². The molecule has 3 unspecified atom stereocenters. The summed E-state index contributed by atoms with van der Waals surface area (Å²) in [7, 11) is 1.16. The van der Waals surface area contributed by atoms with E-state index in [1.54, 1.807) is 0 Å². The van der Waals surface area contributed by atoms with Crippen molar-refractivity contribution in [3.63, 3.8) is 0 Å². The molecule has 472 valence electrons. The molecule has 0 aliphatic rings. The molecule has 3 atom stereocenters. The quantitative estimate of drug-likeness (QED) is 0.0212. The van der Waals surface area contributed by atoms with E-state index in [9.17, 15) is 19.0 Å². The third kappa shape index (κ3) is 61.2.